The highest BCUT2D eigenvalue weighted by Crippen LogP contribution is 2.17. The number of aromatic nitrogens is 3. The largest absolute Gasteiger partial charge is 0.357 e. The van der Waals surface area contributed by atoms with Crippen molar-refractivity contribution in [3.63, 3.8) is 0 Å². The molecule has 0 radical (unpaired) electrons. The van der Waals surface area contributed by atoms with Crippen LogP contribution < -0.4 is 5.32 Å². The van der Waals surface area contributed by atoms with E-state index in [0.29, 0.717) is 6.54 Å². The van der Waals surface area contributed by atoms with Gasteiger partial charge in [-0.25, -0.2) is 4.99 Å². The second kappa shape index (κ2) is 9.97. The Hall–Kier alpha value is -1.16. The fraction of sp³-hybridized carbons (Fsp3) is 0.438. The third-order valence-corrected chi connectivity index (χ3v) is 4.39. The molecule has 1 aromatic heterocycles. The Morgan fingerprint density at radius 2 is 2.04 bits per heavy atom. The van der Waals surface area contributed by atoms with Crippen LogP contribution in [0.15, 0.2) is 33.7 Å². The summed E-state index contributed by atoms with van der Waals surface area (Å²) in [7, 11) is 3.99. The van der Waals surface area contributed by atoms with Crippen LogP contribution in [0.1, 0.15) is 24.1 Å². The van der Waals surface area contributed by atoms with Crippen molar-refractivity contribution in [3.8, 4) is 0 Å². The standard InChI is InChI=1S/C16H23BrN6.HI/c1-5-18-16(19-10-15-21-20-12(2)23(15)4)22(3)11-13-8-6-7-9-14(13)17;/h6-9H,5,10-11H2,1-4H3,(H,18,19);1H. The van der Waals surface area contributed by atoms with Gasteiger partial charge < -0.3 is 14.8 Å². The minimum Gasteiger partial charge on any atom is -0.357 e. The molecule has 0 bridgehead atoms. The third kappa shape index (κ3) is 5.44. The second-order valence-electron chi connectivity index (χ2n) is 5.34. The van der Waals surface area contributed by atoms with Crippen LogP contribution in [0.2, 0.25) is 0 Å². The number of halogens is 2. The fourth-order valence-corrected chi connectivity index (χ4v) is 2.57. The van der Waals surface area contributed by atoms with Crippen LogP contribution in [-0.4, -0.2) is 39.2 Å². The van der Waals surface area contributed by atoms with Gasteiger partial charge in [0, 0.05) is 31.7 Å². The molecule has 0 aliphatic heterocycles. The summed E-state index contributed by atoms with van der Waals surface area (Å²) in [5.74, 6) is 2.60. The van der Waals surface area contributed by atoms with E-state index in [-0.39, 0.29) is 24.0 Å². The maximum absolute atomic E-state index is 4.68. The molecule has 0 aliphatic carbocycles. The molecule has 6 nitrogen and oxygen atoms in total. The summed E-state index contributed by atoms with van der Waals surface area (Å²) in [4.78, 5) is 6.78. The van der Waals surface area contributed by atoms with Crippen molar-refractivity contribution in [2.75, 3.05) is 13.6 Å². The lowest BCUT2D eigenvalue weighted by Crippen LogP contribution is -2.38. The lowest BCUT2D eigenvalue weighted by atomic mass is 10.2. The number of nitrogens with zero attached hydrogens (tertiary/aromatic N) is 5. The van der Waals surface area contributed by atoms with Gasteiger partial charge in [-0.3, -0.25) is 0 Å². The van der Waals surface area contributed by atoms with Gasteiger partial charge in [-0.2, -0.15) is 0 Å². The van der Waals surface area contributed by atoms with Crippen LogP contribution in [0.4, 0.5) is 0 Å². The number of aliphatic imine (C=N–C) groups is 1. The molecule has 0 atom stereocenters. The number of nitrogens with one attached hydrogen (secondary N) is 1. The first-order valence-electron chi connectivity index (χ1n) is 7.60. The predicted molar refractivity (Wildman–Crippen MR) is 112 cm³/mol. The molecule has 0 saturated carbocycles. The smallest absolute Gasteiger partial charge is 0.194 e. The van der Waals surface area contributed by atoms with Crippen LogP contribution in [0.25, 0.3) is 0 Å². The molecule has 132 valence electrons. The molecule has 0 fully saturated rings. The van der Waals surface area contributed by atoms with Gasteiger partial charge >= 0.3 is 0 Å². The quantitative estimate of drug-likeness (QED) is 0.384. The highest BCUT2D eigenvalue weighted by Gasteiger charge is 2.10. The maximum atomic E-state index is 4.68. The summed E-state index contributed by atoms with van der Waals surface area (Å²) in [6, 6.07) is 8.22. The van der Waals surface area contributed by atoms with E-state index in [2.05, 4.69) is 60.4 Å². The molecule has 1 aromatic carbocycles. The molecule has 0 aliphatic rings. The van der Waals surface area contributed by atoms with E-state index < -0.39 is 0 Å². The molecule has 2 rings (SSSR count). The summed E-state index contributed by atoms with van der Waals surface area (Å²) in [5, 5.41) is 11.5. The van der Waals surface area contributed by atoms with Crippen LogP contribution >= 0.6 is 39.9 Å². The first-order valence-corrected chi connectivity index (χ1v) is 8.40. The first kappa shape index (κ1) is 20.9. The summed E-state index contributed by atoms with van der Waals surface area (Å²) in [5.41, 5.74) is 1.22. The van der Waals surface area contributed by atoms with Gasteiger partial charge in [0.05, 0.1) is 0 Å². The number of benzene rings is 1. The molecular formula is C16H24BrIN6. The first-order chi connectivity index (χ1) is 11.0. The summed E-state index contributed by atoms with van der Waals surface area (Å²) >= 11 is 3.59. The van der Waals surface area contributed by atoms with E-state index in [1.807, 2.05) is 37.7 Å². The number of aryl methyl sites for hydroxylation is 1. The maximum Gasteiger partial charge on any atom is 0.194 e. The number of rotatable bonds is 5. The predicted octanol–water partition coefficient (Wildman–Crippen LogP) is 3.10. The van der Waals surface area contributed by atoms with Gasteiger partial charge in [0.25, 0.3) is 0 Å². The molecule has 0 spiro atoms. The fourth-order valence-electron chi connectivity index (χ4n) is 2.16. The molecule has 2 aromatic rings. The Labute approximate surface area is 168 Å². The Bertz CT molecular complexity index is 685. The van der Waals surface area contributed by atoms with Crippen LogP contribution in [-0.2, 0) is 20.1 Å². The molecule has 0 amide bonds. The van der Waals surface area contributed by atoms with E-state index >= 15 is 0 Å². The van der Waals surface area contributed by atoms with Gasteiger partial charge in [0.1, 0.15) is 12.4 Å². The average molecular weight is 507 g/mol. The Morgan fingerprint density at radius 3 is 2.62 bits per heavy atom. The Kier molecular flexibility index (Phi) is 8.68. The number of guanidine groups is 1. The minimum absolute atomic E-state index is 0. The van der Waals surface area contributed by atoms with Gasteiger partial charge in [-0.15, -0.1) is 34.2 Å². The zero-order chi connectivity index (χ0) is 16.8. The molecule has 0 unspecified atom stereocenters. The zero-order valence-electron chi connectivity index (χ0n) is 14.5. The van der Waals surface area contributed by atoms with E-state index in [9.17, 15) is 0 Å². The lowest BCUT2D eigenvalue weighted by Gasteiger charge is -2.22. The topological polar surface area (TPSA) is 58.3 Å². The Morgan fingerprint density at radius 1 is 1.33 bits per heavy atom. The Balaban J connectivity index is 0.00000288. The van der Waals surface area contributed by atoms with Gasteiger partial charge in [-0.1, -0.05) is 34.1 Å². The van der Waals surface area contributed by atoms with Crippen LogP contribution in [0, 0.1) is 6.92 Å². The minimum atomic E-state index is 0. The van der Waals surface area contributed by atoms with Crippen LogP contribution in [0.5, 0.6) is 0 Å². The molecule has 1 heterocycles. The van der Waals surface area contributed by atoms with Gasteiger partial charge in [0.2, 0.25) is 0 Å². The SMILES string of the molecule is CCNC(=NCc1nnc(C)n1C)N(C)Cc1ccccc1Br.I. The summed E-state index contributed by atoms with van der Waals surface area (Å²) in [6.07, 6.45) is 0. The van der Waals surface area contributed by atoms with Crippen LogP contribution in [0.3, 0.4) is 0 Å². The monoisotopic (exact) mass is 506 g/mol. The van der Waals surface area contributed by atoms with Crippen molar-refractivity contribution < 1.29 is 0 Å². The van der Waals surface area contributed by atoms with Crippen molar-refractivity contribution in [2.45, 2.75) is 26.9 Å². The van der Waals surface area contributed by atoms with Crippen molar-refractivity contribution in [3.05, 3.63) is 46.0 Å². The summed E-state index contributed by atoms with van der Waals surface area (Å²) in [6.45, 7) is 6.08. The normalized spacial score (nSPS) is 11.1. The molecule has 1 N–H and O–H groups in total. The molecule has 24 heavy (non-hydrogen) atoms. The molecule has 0 saturated heterocycles. The molecular weight excluding hydrogens is 483 g/mol. The highest BCUT2D eigenvalue weighted by atomic mass is 127. The second-order valence-corrected chi connectivity index (χ2v) is 6.19. The van der Waals surface area contributed by atoms with Crippen molar-refractivity contribution in [1.29, 1.82) is 0 Å². The average Bonchev–Trinajstić information content (AvgIpc) is 2.85. The highest BCUT2D eigenvalue weighted by molar-refractivity contribution is 14.0. The van der Waals surface area contributed by atoms with E-state index in [0.717, 1.165) is 35.2 Å². The zero-order valence-corrected chi connectivity index (χ0v) is 18.4. The van der Waals surface area contributed by atoms with E-state index in [4.69, 9.17) is 0 Å². The van der Waals surface area contributed by atoms with Crippen molar-refractivity contribution in [2.24, 2.45) is 12.0 Å². The lowest BCUT2D eigenvalue weighted by molar-refractivity contribution is 0.475. The number of hydrogen-bond acceptors (Lipinski definition) is 3. The van der Waals surface area contributed by atoms with Gasteiger partial charge in [-0.05, 0) is 25.5 Å². The van der Waals surface area contributed by atoms with E-state index in [1.54, 1.807) is 0 Å². The summed E-state index contributed by atoms with van der Waals surface area (Å²) < 4.78 is 3.06. The third-order valence-electron chi connectivity index (χ3n) is 3.61. The molecule has 8 heteroatoms. The van der Waals surface area contributed by atoms with E-state index in [1.165, 1.54) is 5.56 Å². The van der Waals surface area contributed by atoms with Crippen molar-refractivity contribution >= 4 is 45.9 Å². The van der Waals surface area contributed by atoms with Gasteiger partial charge in [0.15, 0.2) is 11.8 Å². The van der Waals surface area contributed by atoms with Crippen molar-refractivity contribution in [1.82, 2.24) is 25.0 Å². The number of hydrogen-bond donors (Lipinski definition) is 1.